The third-order valence-corrected chi connectivity index (χ3v) is 6.68. The van der Waals surface area contributed by atoms with Gasteiger partial charge in [-0.3, -0.25) is 0 Å². The van der Waals surface area contributed by atoms with Crippen molar-refractivity contribution in [3.05, 3.63) is 15.8 Å². The molecule has 1 N–H and O–H groups in total. The minimum Gasteiger partial charge on any atom is -0.477 e. The summed E-state index contributed by atoms with van der Waals surface area (Å²) < 4.78 is 32.2. The lowest BCUT2D eigenvalue weighted by molar-refractivity contribution is 0.0313. The normalized spacial score (nSPS) is 21.0. The molecule has 1 fully saturated rings. The number of ether oxygens (including phenoxy) is 1. The lowest BCUT2D eigenvalue weighted by atomic mass is 10.2. The molecule has 1 atom stereocenters. The Labute approximate surface area is 122 Å². The van der Waals surface area contributed by atoms with Crippen LogP contribution in [0, 0.1) is 6.92 Å². The third kappa shape index (κ3) is 2.60. The SMILES string of the molecule is CCC1COCCN1S(=O)(=O)c1c(C)csc1C(=O)O. The summed E-state index contributed by atoms with van der Waals surface area (Å²) in [5.74, 6) is -1.21. The Kier molecular flexibility index (Phi) is 4.48. The van der Waals surface area contributed by atoms with Crippen molar-refractivity contribution in [3.63, 3.8) is 0 Å². The molecule has 1 aromatic heterocycles. The maximum Gasteiger partial charge on any atom is 0.347 e. The molecule has 0 bridgehead atoms. The summed E-state index contributed by atoms with van der Waals surface area (Å²) in [5.41, 5.74) is 0.480. The molecule has 1 aliphatic rings. The van der Waals surface area contributed by atoms with Gasteiger partial charge < -0.3 is 9.84 Å². The number of hydrogen-bond acceptors (Lipinski definition) is 5. The number of morpholine rings is 1. The van der Waals surface area contributed by atoms with Gasteiger partial charge in [0.25, 0.3) is 0 Å². The first-order valence-electron chi connectivity index (χ1n) is 6.30. The molecule has 112 valence electrons. The van der Waals surface area contributed by atoms with Gasteiger partial charge in [-0.25, -0.2) is 13.2 Å². The number of sulfonamides is 1. The van der Waals surface area contributed by atoms with E-state index in [9.17, 15) is 13.2 Å². The number of rotatable bonds is 4. The van der Waals surface area contributed by atoms with Gasteiger partial charge in [0.1, 0.15) is 9.77 Å². The van der Waals surface area contributed by atoms with Crippen LogP contribution in [0.4, 0.5) is 0 Å². The van der Waals surface area contributed by atoms with Gasteiger partial charge in [0.15, 0.2) is 0 Å². The predicted octanol–water partition coefficient (Wildman–Crippen LogP) is 1.55. The summed E-state index contributed by atoms with van der Waals surface area (Å²) in [7, 11) is -3.80. The number of nitrogens with zero attached hydrogens (tertiary/aromatic N) is 1. The number of carboxylic acids is 1. The zero-order chi connectivity index (χ0) is 14.9. The molecule has 0 radical (unpaired) electrons. The zero-order valence-electron chi connectivity index (χ0n) is 11.3. The van der Waals surface area contributed by atoms with Crippen molar-refractivity contribution in [1.82, 2.24) is 4.31 Å². The van der Waals surface area contributed by atoms with E-state index in [1.165, 1.54) is 4.31 Å². The van der Waals surface area contributed by atoms with Gasteiger partial charge >= 0.3 is 5.97 Å². The van der Waals surface area contributed by atoms with E-state index in [2.05, 4.69) is 0 Å². The second kappa shape index (κ2) is 5.80. The van der Waals surface area contributed by atoms with Crippen LogP contribution in [0.15, 0.2) is 10.3 Å². The molecule has 0 saturated carbocycles. The highest BCUT2D eigenvalue weighted by atomic mass is 32.2. The van der Waals surface area contributed by atoms with Crippen molar-refractivity contribution in [1.29, 1.82) is 0 Å². The quantitative estimate of drug-likeness (QED) is 0.910. The van der Waals surface area contributed by atoms with E-state index in [0.717, 1.165) is 11.3 Å². The van der Waals surface area contributed by atoms with Crippen molar-refractivity contribution in [2.45, 2.75) is 31.2 Å². The van der Waals surface area contributed by atoms with Gasteiger partial charge in [0.2, 0.25) is 10.0 Å². The number of carbonyl (C=O) groups is 1. The summed E-state index contributed by atoms with van der Waals surface area (Å²) in [6, 6.07) is -0.241. The summed E-state index contributed by atoms with van der Waals surface area (Å²) in [4.78, 5) is 11.0. The fraction of sp³-hybridized carbons (Fsp3) is 0.583. The van der Waals surface area contributed by atoms with E-state index in [-0.39, 0.29) is 22.4 Å². The average molecular weight is 319 g/mol. The molecule has 1 saturated heterocycles. The number of hydrogen-bond donors (Lipinski definition) is 1. The Morgan fingerprint density at radius 1 is 1.60 bits per heavy atom. The molecule has 1 unspecified atom stereocenters. The molecule has 1 aliphatic heterocycles. The lowest BCUT2D eigenvalue weighted by Gasteiger charge is -2.34. The van der Waals surface area contributed by atoms with Crippen LogP contribution in [0.25, 0.3) is 0 Å². The van der Waals surface area contributed by atoms with Crippen LogP contribution in [0.1, 0.15) is 28.6 Å². The van der Waals surface area contributed by atoms with Gasteiger partial charge in [-0.1, -0.05) is 6.92 Å². The van der Waals surface area contributed by atoms with Gasteiger partial charge in [0, 0.05) is 12.6 Å². The first kappa shape index (κ1) is 15.4. The van der Waals surface area contributed by atoms with E-state index in [1.807, 2.05) is 6.92 Å². The van der Waals surface area contributed by atoms with Crippen molar-refractivity contribution < 1.29 is 23.1 Å². The Balaban J connectivity index is 2.49. The fourth-order valence-electron chi connectivity index (χ4n) is 2.30. The highest BCUT2D eigenvalue weighted by Gasteiger charge is 2.37. The highest BCUT2D eigenvalue weighted by molar-refractivity contribution is 7.89. The van der Waals surface area contributed by atoms with E-state index in [0.29, 0.717) is 25.2 Å². The van der Waals surface area contributed by atoms with Gasteiger partial charge in [-0.2, -0.15) is 4.31 Å². The maximum atomic E-state index is 12.8. The molecular weight excluding hydrogens is 302 g/mol. The van der Waals surface area contributed by atoms with Crippen LogP contribution in [0.2, 0.25) is 0 Å². The van der Waals surface area contributed by atoms with Crippen LogP contribution in [-0.2, 0) is 14.8 Å². The second-order valence-corrected chi connectivity index (χ2v) is 7.34. The molecule has 1 aromatic rings. The van der Waals surface area contributed by atoms with E-state index in [4.69, 9.17) is 9.84 Å². The molecule has 0 aliphatic carbocycles. The third-order valence-electron chi connectivity index (χ3n) is 3.32. The first-order valence-corrected chi connectivity index (χ1v) is 8.62. The number of aryl methyl sites for hydroxylation is 1. The van der Waals surface area contributed by atoms with Crippen molar-refractivity contribution in [2.75, 3.05) is 19.8 Å². The molecule has 2 rings (SSSR count). The Morgan fingerprint density at radius 2 is 2.30 bits per heavy atom. The van der Waals surface area contributed by atoms with Gasteiger partial charge in [-0.05, 0) is 24.3 Å². The Hall–Kier alpha value is -0.960. The predicted molar refractivity (Wildman–Crippen MR) is 74.8 cm³/mol. The topological polar surface area (TPSA) is 83.9 Å². The average Bonchev–Trinajstić information content (AvgIpc) is 2.81. The largest absolute Gasteiger partial charge is 0.477 e. The molecule has 8 heteroatoms. The first-order chi connectivity index (χ1) is 9.39. The minimum absolute atomic E-state index is 0.0737. The van der Waals surface area contributed by atoms with Crippen LogP contribution < -0.4 is 0 Å². The molecule has 0 spiro atoms. The molecule has 0 aromatic carbocycles. The number of aromatic carboxylic acids is 1. The fourth-order valence-corrected chi connectivity index (χ4v) is 5.55. The molecule has 2 heterocycles. The number of thiophene rings is 1. The van der Waals surface area contributed by atoms with Crippen LogP contribution in [0.3, 0.4) is 0 Å². The second-order valence-electron chi connectivity index (χ2n) is 4.63. The monoisotopic (exact) mass is 319 g/mol. The Morgan fingerprint density at radius 3 is 2.90 bits per heavy atom. The van der Waals surface area contributed by atoms with Crippen molar-refractivity contribution >= 4 is 27.3 Å². The van der Waals surface area contributed by atoms with Gasteiger partial charge in [0.05, 0.1) is 13.2 Å². The number of carboxylic acid groups (broad SMARTS) is 1. The van der Waals surface area contributed by atoms with Crippen LogP contribution in [0.5, 0.6) is 0 Å². The van der Waals surface area contributed by atoms with E-state index < -0.39 is 16.0 Å². The maximum absolute atomic E-state index is 12.8. The van der Waals surface area contributed by atoms with Crippen LogP contribution >= 0.6 is 11.3 Å². The van der Waals surface area contributed by atoms with Crippen LogP contribution in [-0.4, -0.2) is 49.6 Å². The summed E-state index contributed by atoms with van der Waals surface area (Å²) in [6.45, 7) is 4.45. The highest BCUT2D eigenvalue weighted by Crippen LogP contribution is 2.31. The van der Waals surface area contributed by atoms with Crippen molar-refractivity contribution in [3.8, 4) is 0 Å². The molecule has 0 amide bonds. The summed E-state index contributed by atoms with van der Waals surface area (Å²) >= 11 is 0.947. The van der Waals surface area contributed by atoms with E-state index in [1.54, 1.807) is 12.3 Å². The zero-order valence-corrected chi connectivity index (χ0v) is 13.0. The van der Waals surface area contributed by atoms with Crippen molar-refractivity contribution in [2.24, 2.45) is 0 Å². The van der Waals surface area contributed by atoms with Gasteiger partial charge in [-0.15, -0.1) is 11.3 Å². The molecule has 20 heavy (non-hydrogen) atoms. The minimum atomic E-state index is -3.80. The summed E-state index contributed by atoms with van der Waals surface area (Å²) in [5, 5.41) is 10.7. The standard InChI is InChI=1S/C12H17NO5S2/c1-3-9-6-18-5-4-13(9)20(16,17)11-8(2)7-19-10(11)12(14)15/h7,9H,3-6H2,1-2H3,(H,14,15). The smallest absolute Gasteiger partial charge is 0.347 e. The van der Waals surface area contributed by atoms with E-state index >= 15 is 0 Å². The molecule has 6 nitrogen and oxygen atoms in total. The Bertz CT molecular complexity index is 607. The lowest BCUT2D eigenvalue weighted by Crippen LogP contribution is -2.48. The molecular formula is C12H17NO5S2. The summed E-state index contributed by atoms with van der Waals surface area (Å²) in [6.07, 6.45) is 0.630.